The average molecular weight is 306 g/mol. The monoisotopic (exact) mass is 306 g/mol. The maximum absolute atomic E-state index is 12.8. The number of carbonyl (C=O) groups excluding carboxylic acids is 3. The van der Waals surface area contributed by atoms with Crippen LogP contribution in [0.15, 0.2) is 0 Å². The van der Waals surface area contributed by atoms with Gasteiger partial charge < -0.3 is 4.74 Å². The molecule has 4 aliphatic carbocycles. The standard InChI is InChI=1S/C18H26O4/c1-17(2)12-9-13(18(3,16(17)21)10-14(12)19)15(20)22-11-7-5-4-6-8-11/h11-13H,4-10H2,1-3H3. The zero-order chi connectivity index (χ0) is 16.1. The van der Waals surface area contributed by atoms with Crippen molar-refractivity contribution in [3.05, 3.63) is 0 Å². The van der Waals surface area contributed by atoms with Crippen LogP contribution in [0.4, 0.5) is 0 Å². The number of esters is 1. The Labute approximate surface area is 132 Å². The lowest BCUT2D eigenvalue weighted by molar-refractivity contribution is -0.182. The summed E-state index contributed by atoms with van der Waals surface area (Å²) >= 11 is 0. The van der Waals surface area contributed by atoms with Crippen molar-refractivity contribution in [2.24, 2.45) is 22.7 Å². The average Bonchev–Trinajstić information content (AvgIpc) is 2.45. The lowest BCUT2D eigenvalue weighted by atomic mass is 9.46. The van der Waals surface area contributed by atoms with Crippen LogP contribution in [-0.2, 0) is 19.1 Å². The molecular weight excluding hydrogens is 280 g/mol. The molecule has 4 fully saturated rings. The van der Waals surface area contributed by atoms with Crippen molar-refractivity contribution < 1.29 is 19.1 Å². The number of hydrogen-bond donors (Lipinski definition) is 0. The van der Waals surface area contributed by atoms with E-state index in [1.807, 2.05) is 13.8 Å². The molecule has 122 valence electrons. The number of hydrogen-bond acceptors (Lipinski definition) is 4. The van der Waals surface area contributed by atoms with E-state index in [-0.39, 0.29) is 36.0 Å². The van der Waals surface area contributed by atoms with Gasteiger partial charge in [-0.15, -0.1) is 0 Å². The lowest BCUT2D eigenvalue weighted by Crippen LogP contribution is -2.62. The van der Waals surface area contributed by atoms with Gasteiger partial charge in [-0.25, -0.2) is 0 Å². The highest BCUT2D eigenvalue weighted by atomic mass is 16.5. The third kappa shape index (κ3) is 2.22. The SMILES string of the molecule is CC1(C)C(=O)C2(C)CC(=O)C1CC2C(=O)OC1CCCCC1. The molecule has 4 rings (SSSR count). The van der Waals surface area contributed by atoms with Gasteiger partial charge in [0.25, 0.3) is 0 Å². The summed E-state index contributed by atoms with van der Waals surface area (Å²) in [5.74, 6) is -0.839. The fourth-order valence-corrected chi connectivity index (χ4v) is 4.85. The van der Waals surface area contributed by atoms with Crippen molar-refractivity contribution in [2.45, 2.75) is 71.8 Å². The van der Waals surface area contributed by atoms with Crippen LogP contribution in [0.25, 0.3) is 0 Å². The number of fused-ring (bicyclic) bond motifs is 3. The van der Waals surface area contributed by atoms with Gasteiger partial charge in [-0.2, -0.15) is 0 Å². The predicted octanol–water partition coefficient (Wildman–Crippen LogP) is 3.07. The smallest absolute Gasteiger partial charge is 0.310 e. The molecule has 2 bridgehead atoms. The summed E-state index contributed by atoms with van der Waals surface area (Å²) in [5.41, 5.74) is -1.52. The van der Waals surface area contributed by atoms with E-state index in [1.54, 1.807) is 6.92 Å². The van der Waals surface area contributed by atoms with Crippen LogP contribution in [0.1, 0.15) is 65.7 Å². The topological polar surface area (TPSA) is 60.4 Å². The molecule has 0 aromatic rings. The highest BCUT2D eigenvalue weighted by molar-refractivity contribution is 6.06. The molecule has 4 saturated carbocycles. The Morgan fingerprint density at radius 1 is 1.09 bits per heavy atom. The van der Waals surface area contributed by atoms with Crippen LogP contribution in [-0.4, -0.2) is 23.6 Å². The number of carbonyl (C=O) groups is 3. The molecule has 0 N–H and O–H groups in total. The Morgan fingerprint density at radius 2 is 1.73 bits per heavy atom. The lowest BCUT2D eigenvalue weighted by Gasteiger charge is -2.54. The van der Waals surface area contributed by atoms with Crippen molar-refractivity contribution in [3.63, 3.8) is 0 Å². The van der Waals surface area contributed by atoms with Gasteiger partial charge in [0.2, 0.25) is 0 Å². The van der Waals surface area contributed by atoms with E-state index in [2.05, 4.69) is 0 Å². The van der Waals surface area contributed by atoms with Crippen LogP contribution in [0, 0.1) is 22.7 Å². The van der Waals surface area contributed by atoms with Crippen molar-refractivity contribution >= 4 is 17.5 Å². The predicted molar refractivity (Wildman–Crippen MR) is 81.1 cm³/mol. The van der Waals surface area contributed by atoms with Gasteiger partial charge in [-0.3, -0.25) is 14.4 Å². The highest BCUT2D eigenvalue weighted by Gasteiger charge is 2.64. The molecule has 0 saturated heterocycles. The van der Waals surface area contributed by atoms with Gasteiger partial charge in [-0.1, -0.05) is 27.2 Å². The molecule has 4 heteroatoms. The normalized spacial score (nSPS) is 38.1. The second-order valence-electron chi connectivity index (χ2n) is 8.15. The molecule has 0 heterocycles. The number of Topliss-reactive ketones (excluding diaryl/α,β-unsaturated/α-hetero) is 2. The molecule has 3 unspecified atom stereocenters. The summed E-state index contributed by atoms with van der Waals surface area (Å²) < 4.78 is 5.70. The van der Waals surface area contributed by atoms with E-state index >= 15 is 0 Å². The van der Waals surface area contributed by atoms with Gasteiger partial charge in [0, 0.05) is 23.2 Å². The Kier molecular flexibility index (Phi) is 3.69. The van der Waals surface area contributed by atoms with Gasteiger partial charge >= 0.3 is 5.97 Å². The maximum Gasteiger partial charge on any atom is 0.310 e. The van der Waals surface area contributed by atoms with E-state index in [9.17, 15) is 14.4 Å². The summed E-state index contributed by atoms with van der Waals surface area (Å²) in [4.78, 5) is 37.7. The Hall–Kier alpha value is -1.19. The first-order chi connectivity index (χ1) is 10.3. The summed E-state index contributed by atoms with van der Waals surface area (Å²) in [6.45, 7) is 5.48. The zero-order valence-corrected chi connectivity index (χ0v) is 13.8. The first-order valence-corrected chi connectivity index (χ1v) is 8.55. The quantitative estimate of drug-likeness (QED) is 0.736. The molecule has 0 aromatic heterocycles. The maximum atomic E-state index is 12.8. The van der Waals surface area contributed by atoms with Crippen LogP contribution < -0.4 is 0 Å². The molecule has 22 heavy (non-hydrogen) atoms. The third-order valence-corrected chi connectivity index (χ3v) is 6.27. The molecule has 3 atom stereocenters. The van der Waals surface area contributed by atoms with E-state index < -0.39 is 16.7 Å². The van der Waals surface area contributed by atoms with Gasteiger partial charge in [-0.05, 0) is 32.1 Å². The minimum absolute atomic E-state index is 0.00381. The molecule has 0 aromatic carbocycles. The van der Waals surface area contributed by atoms with Crippen molar-refractivity contribution in [1.29, 1.82) is 0 Å². The summed E-state index contributed by atoms with van der Waals surface area (Å²) in [6.07, 6.45) is 5.94. The first kappa shape index (κ1) is 15.7. The number of rotatable bonds is 2. The molecule has 0 amide bonds. The number of ether oxygens (including phenoxy) is 1. The summed E-state index contributed by atoms with van der Waals surface area (Å²) in [7, 11) is 0. The summed E-state index contributed by atoms with van der Waals surface area (Å²) in [6, 6.07) is 0. The van der Waals surface area contributed by atoms with Crippen LogP contribution in [0.2, 0.25) is 0 Å². The fraction of sp³-hybridized carbons (Fsp3) is 0.833. The van der Waals surface area contributed by atoms with E-state index in [0.29, 0.717) is 6.42 Å². The third-order valence-electron chi connectivity index (χ3n) is 6.27. The van der Waals surface area contributed by atoms with Gasteiger partial charge in [0.1, 0.15) is 17.7 Å². The van der Waals surface area contributed by atoms with Crippen LogP contribution in [0.5, 0.6) is 0 Å². The van der Waals surface area contributed by atoms with Gasteiger partial charge in [0.05, 0.1) is 5.92 Å². The van der Waals surface area contributed by atoms with Crippen molar-refractivity contribution in [2.75, 3.05) is 0 Å². The number of ketones is 2. The molecule has 4 nitrogen and oxygen atoms in total. The van der Waals surface area contributed by atoms with E-state index in [1.165, 1.54) is 6.42 Å². The first-order valence-electron chi connectivity index (χ1n) is 8.55. The largest absolute Gasteiger partial charge is 0.462 e. The Bertz CT molecular complexity index is 515. The van der Waals surface area contributed by atoms with Crippen molar-refractivity contribution in [1.82, 2.24) is 0 Å². The Morgan fingerprint density at radius 3 is 2.36 bits per heavy atom. The molecular formula is C18H26O4. The molecule has 0 spiro atoms. The zero-order valence-electron chi connectivity index (χ0n) is 13.8. The second-order valence-corrected chi connectivity index (χ2v) is 8.15. The van der Waals surface area contributed by atoms with Crippen molar-refractivity contribution in [3.8, 4) is 0 Å². The van der Waals surface area contributed by atoms with E-state index in [0.717, 1.165) is 25.7 Å². The molecule has 4 aliphatic rings. The van der Waals surface area contributed by atoms with E-state index in [4.69, 9.17) is 4.74 Å². The molecule has 0 aliphatic heterocycles. The minimum atomic E-state index is -0.874. The Balaban J connectivity index is 1.79. The van der Waals surface area contributed by atoms with Gasteiger partial charge in [0.15, 0.2) is 0 Å². The highest BCUT2D eigenvalue weighted by Crippen LogP contribution is 2.57. The summed E-state index contributed by atoms with van der Waals surface area (Å²) in [5, 5.41) is 0. The van der Waals surface area contributed by atoms with Crippen LogP contribution >= 0.6 is 0 Å². The minimum Gasteiger partial charge on any atom is -0.462 e. The second kappa shape index (κ2) is 5.17. The van der Waals surface area contributed by atoms with Crippen LogP contribution in [0.3, 0.4) is 0 Å². The molecule has 0 radical (unpaired) electrons. The fourth-order valence-electron chi connectivity index (χ4n) is 4.85.